The van der Waals surface area contributed by atoms with Gasteiger partial charge in [-0.15, -0.1) is 11.3 Å². The van der Waals surface area contributed by atoms with Crippen molar-refractivity contribution in [1.29, 1.82) is 0 Å². The Morgan fingerprint density at radius 1 is 1.38 bits per heavy atom. The minimum absolute atomic E-state index is 0.885. The normalized spacial score (nSPS) is 10.6. The Hall–Kier alpha value is -0.780. The maximum absolute atomic E-state index is 4.40. The molecule has 16 heavy (non-hydrogen) atoms. The quantitative estimate of drug-likeness (QED) is 0.942. The number of nitrogens with zero attached hydrogens (tertiary/aromatic N) is 2. The number of rotatable bonds is 4. The van der Waals surface area contributed by atoms with E-state index in [9.17, 15) is 0 Å². The molecule has 0 aliphatic heterocycles. The van der Waals surface area contributed by atoms with Gasteiger partial charge in [0, 0.05) is 40.0 Å². The summed E-state index contributed by atoms with van der Waals surface area (Å²) in [6.07, 6.45) is 5.53. The van der Waals surface area contributed by atoms with Crippen molar-refractivity contribution in [2.45, 2.75) is 13.5 Å². The van der Waals surface area contributed by atoms with Gasteiger partial charge in [0.2, 0.25) is 0 Å². The van der Waals surface area contributed by atoms with Crippen LogP contribution in [0.5, 0.6) is 0 Å². The van der Waals surface area contributed by atoms with Crippen LogP contribution in [0.15, 0.2) is 29.1 Å². The van der Waals surface area contributed by atoms with Crippen LogP contribution < -0.4 is 5.32 Å². The first-order valence-corrected chi connectivity index (χ1v) is 6.67. The molecule has 2 heterocycles. The highest BCUT2D eigenvalue weighted by Crippen LogP contribution is 2.26. The molecule has 0 saturated carbocycles. The Bertz CT molecular complexity index is 470. The Morgan fingerprint density at radius 2 is 2.25 bits per heavy atom. The van der Waals surface area contributed by atoms with Crippen molar-refractivity contribution >= 4 is 27.3 Å². The molecule has 0 aliphatic rings. The fraction of sp³-hybridized carbons (Fsp3) is 0.273. The van der Waals surface area contributed by atoms with E-state index in [4.69, 9.17) is 0 Å². The molecule has 2 aromatic rings. The molecule has 0 aliphatic carbocycles. The molecule has 0 unspecified atom stereocenters. The van der Waals surface area contributed by atoms with Gasteiger partial charge in [-0.05, 0) is 28.5 Å². The summed E-state index contributed by atoms with van der Waals surface area (Å²) in [6, 6.07) is 2.03. The third-order valence-corrected chi connectivity index (χ3v) is 3.53. The van der Waals surface area contributed by atoms with Gasteiger partial charge in [-0.1, -0.05) is 6.92 Å². The van der Waals surface area contributed by atoms with E-state index in [1.807, 2.05) is 18.5 Å². The van der Waals surface area contributed by atoms with Gasteiger partial charge in [0.25, 0.3) is 0 Å². The summed E-state index contributed by atoms with van der Waals surface area (Å²) in [5, 5.41) is 4.30. The number of halogens is 1. The Labute approximate surface area is 107 Å². The predicted molar refractivity (Wildman–Crippen MR) is 70.4 cm³/mol. The van der Waals surface area contributed by atoms with Gasteiger partial charge >= 0.3 is 0 Å². The number of pyridine rings is 1. The molecule has 84 valence electrons. The molecular weight excluding hydrogens is 286 g/mol. The zero-order chi connectivity index (χ0) is 11.4. The number of thiazole rings is 1. The van der Waals surface area contributed by atoms with E-state index in [1.54, 1.807) is 17.5 Å². The molecule has 1 N–H and O–H groups in total. The maximum Gasteiger partial charge on any atom is 0.125 e. The second-order valence-corrected chi connectivity index (χ2v) is 5.33. The van der Waals surface area contributed by atoms with Crippen LogP contribution in [-0.2, 0) is 6.54 Å². The van der Waals surface area contributed by atoms with Crippen LogP contribution in [0, 0.1) is 0 Å². The molecule has 0 bridgehead atoms. The lowest BCUT2D eigenvalue weighted by atomic mass is 10.3. The smallest absolute Gasteiger partial charge is 0.125 e. The summed E-state index contributed by atoms with van der Waals surface area (Å²) in [6.45, 7) is 3.96. The first kappa shape index (κ1) is 11.7. The van der Waals surface area contributed by atoms with Crippen molar-refractivity contribution in [3.05, 3.63) is 34.0 Å². The van der Waals surface area contributed by atoms with E-state index in [1.165, 1.54) is 4.88 Å². The highest BCUT2D eigenvalue weighted by molar-refractivity contribution is 9.10. The molecule has 0 radical (unpaired) electrons. The SMILES string of the molecule is CCNCc1cnc(-c2cncc(Br)c2)s1. The molecule has 0 spiro atoms. The van der Waals surface area contributed by atoms with Crippen molar-refractivity contribution in [3.8, 4) is 10.6 Å². The fourth-order valence-electron chi connectivity index (χ4n) is 1.30. The highest BCUT2D eigenvalue weighted by Gasteiger charge is 2.05. The number of hydrogen-bond donors (Lipinski definition) is 1. The highest BCUT2D eigenvalue weighted by atomic mass is 79.9. The molecule has 2 aromatic heterocycles. The standard InChI is InChI=1S/C11H12BrN3S/c1-2-13-6-10-7-15-11(16-10)8-3-9(12)5-14-4-8/h3-5,7,13H,2,6H2,1H3. The van der Waals surface area contributed by atoms with Crippen molar-refractivity contribution in [3.63, 3.8) is 0 Å². The number of aromatic nitrogens is 2. The van der Waals surface area contributed by atoms with Gasteiger partial charge in [0.1, 0.15) is 5.01 Å². The van der Waals surface area contributed by atoms with E-state index >= 15 is 0 Å². The lowest BCUT2D eigenvalue weighted by Gasteiger charge is -1.96. The van der Waals surface area contributed by atoms with Gasteiger partial charge < -0.3 is 5.32 Å². The molecule has 0 amide bonds. The Balaban J connectivity index is 2.18. The number of nitrogens with one attached hydrogen (secondary N) is 1. The second kappa shape index (κ2) is 5.52. The van der Waals surface area contributed by atoms with E-state index in [-0.39, 0.29) is 0 Å². The van der Waals surface area contributed by atoms with Crippen LogP contribution in [0.25, 0.3) is 10.6 Å². The van der Waals surface area contributed by atoms with E-state index in [0.717, 1.165) is 28.1 Å². The van der Waals surface area contributed by atoms with Crippen LogP contribution in [0.1, 0.15) is 11.8 Å². The molecule has 0 aromatic carbocycles. The van der Waals surface area contributed by atoms with Crippen molar-refractivity contribution in [2.75, 3.05) is 6.54 Å². The van der Waals surface area contributed by atoms with Crippen molar-refractivity contribution in [1.82, 2.24) is 15.3 Å². The topological polar surface area (TPSA) is 37.8 Å². The third kappa shape index (κ3) is 2.87. The zero-order valence-corrected chi connectivity index (χ0v) is 11.3. The van der Waals surface area contributed by atoms with Crippen LogP contribution in [-0.4, -0.2) is 16.5 Å². The molecule has 3 nitrogen and oxygen atoms in total. The van der Waals surface area contributed by atoms with Crippen LogP contribution in [0.2, 0.25) is 0 Å². The average Bonchev–Trinajstić information content (AvgIpc) is 2.75. The Kier molecular flexibility index (Phi) is 4.04. The lowest BCUT2D eigenvalue weighted by Crippen LogP contribution is -2.10. The summed E-state index contributed by atoms with van der Waals surface area (Å²) >= 11 is 5.11. The van der Waals surface area contributed by atoms with Gasteiger partial charge in [-0.2, -0.15) is 0 Å². The largest absolute Gasteiger partial charge is 0.312 e. The molecule has 0 fully saturated rings. The van der Waals surface area contributed by atoms with Gasteiger partial charge in [-0.25, -0.2) is 4.98 Å². The first-order valence-electron chi connectivity index (χ1n) is 5.06. The fourth-order valence-corrected chi connectivity index (χ4v) is 2.53. The predicted octanol–water partition coefficient (Wildman–Crippen LogP) is 3.08. The van der Waals surface area contributed by atoms with E-state index < -0.39 is 0 Å². The van der Waals surface area contributed by atoms with Gasteiger partial charge in [-0.3, -0.25) is 4.98 Å². The van der Waals surface area contributed by atoms with Crippen LogP contribution in [0.3, 0.4) is 0 Å². The van der Waals surface area contributed by atoms with Crippen molar-refractivity contribution in [2.24, 2.45) is 0 Å². The third-order valence-electron chi connectivity index (χ3n) is 2.05. The Morgan fingerprint density at radius 3 is 3.00 bits per heavy atom. The lowest BCUT2D eigenvalue weighted by molar-refractivity contribution is 0.734. The minimum Gasteiger partial charge on any atom is -0.312 e. The second-order valence-electron chi connectivity index (χ2n) is 3.30. The van der Waals surface area contributed by atoms with Crippen LogP contribution in [0.4, 0.5) is 0 Å². The zero-order valence-electron chi connectivity index (χ0n) is 8.90. The molecule has 2 rings (SSSR count). The van der Waals surface area contributed by atoms with E-state index in [0.29, 0.717) is 0 Å². The van der Waals surface area contributed by atoms with Crippen LogP contribution >= 0.6 is 27.3 Å². The van der Waals surface area contributed by atoms with Crippen molar-refractivity contribution < 1.29 is 0 Å². The summed E-state index contributed by atoms with van der Waals surface area (Å²) in [5.74, 6) is 0. The monoisotopic (exact) mass is 297 g/mol. The van der Waals surface area contributed by atoms with Gasteiger partial charge in [0.15, 0.2) is 0 Å². The first-order chi connectivity index (χ1) is 7.79. The summed E-state index contributed by atoms with van der Waals surface area (Å²) in [4.78, 5) is 9.78. The summed E-state index contributed by atoms with van der Waals surface area (Å²) < 4.78 is 0.980. The summed E-state index contributed by atoms with van der Waals surface area (Å²) in [7, 11) is 0. The summed E-state index contributed by atoms with van der Waals surface area (Å²) in [5.41, 5.74) is 1.06. The molecular formula is C11H12BrN3S. The number of hydrogen-bond acceptors (Lipinski definition) is 4. The molecule has 0 atom stereocenters. The average molecular weight is 298 g/mol. The molecule has 5 heteroatoms. The minimum atomic E-state index is 0.885. The van der Waals surface area contributed by atoms with Gasteiger partial charge in [0.05, 0.1) is 0 Å². The maximum atomic E-state index is 4.40. The molecule has 0 saturated heterocycles. The van der Waals surface area contributed by atoms with E-state index in [2.05, 4.69) is 38.1 Å².